The van der Waals surface area contributed by atoms with Gasteiger partial charge in [0.15, 0.2) is 11.9 Å². The number of amides is 2. The first-order valence-electron chi connectivity index (χ1n) is 9.24. The van der Waals surface area contributed by atoms with Crippen LogP contribution in [0.5, 0.6) is 5.75 Å². The van der Waals surface area contributed by atoms with E-state index in [-0.39, 0.29) is 11.4 Å². The van der Waals surface area contributed by atoms with Gasteiger partial charge in [0.1, 0.15) is 5.75 Å². The maximum atomic E-state index is 13.6. The van der Waals surface area contributed by atoms with Crippen LogP contribution in [-0.4, -0.2) is 17.9 Å². The molecule has 0 spiro atoms. The van der Waals surface area contributed by atoms with Crippen LogP contribution in [0.2, 0.25) is 0 Å². The lowest BCUT2D eigenvalue weighted by Crippen LogP contribution is -2.31. The Hall–Kier alpha value is -3.75. The molecule has 0 bridgehead atoms. The Morgan fingerprint density at radius 3 is 2.35 bits per heavy atom. The van der Waals surface area contributed by atoms with Gasteiger partial charge in [0.2, 0.25) is 0 Å². The number of ether oxygens (including phenoxy) is 1. The summed E-state index contributed by atoms with van der Waals surface area (Å²) in [6.45, 7) is 3.32. The number of alkyl halides is 3. The molecule has 1 aromatic heterocycles. The third-order valence-electron chi connectivity index (χ3n) is 4.29. The van der Waals surface area contributed by atoms with E-state index in [2.05, 4.69) is 10.6 Å². The molecule has 31 heavy (non-hydrogen) atoms. The summed E-state index contributed by atoms with van der Waals surface area (Å²) < 4.78 is 51.1. The van der Waals surface area contributed by atoms with Crippen LogP contribution in [-0.2, 0) is 11.0 Å². The quantitative estimate of drug-likeness (QED) is 0.557. The van der Waals surface area contributed by atoms with Gasteiger partial charge in [-0.15, -0.1) is 0 Å². The van der Waals surface area contributed by atoms with E-state index < -0.39 is 35.3 Å². The number of hydrogen-bond donors (Lipinski definition) is 2. The normalized spacial score (nSPS) is 12.2. The summed E-state index contributed by atoms with van der Waals surface area (Å²) in [5.74, 6) is -1.08. The van der Waals surface area contributed by atoms with E-state index >= 15 is 0 Å². The Morgan fingerprint density at radius 2 is 1.74 bits per heavy atom. The Morgan fingerprint density at radius 1 is 1.03 bits per heavy atom. The maximum absolute atomic E-state index is 13.6. The van der Waals surface area contributed by atoms with E-state index in [4.69, 9.17) is 9.15 Å². The van der Waals surface area contributed by atoms with Crippen LogP contribution in [0.3, 0.4) is 0 Å². The van der Waals surface area contributed by atoms with Crippen molar-refractivity contribution in [2.24, 2.45) is 0 Å². The van der Waals surface area contributed by atoms with Gasteiger partial charge in [-0.3, -0.25) is 9.59 Å². The van der Waals surface area contributed by atoms with Crippen molar-refractivity contribution in [1.29, 1.82) is 0 Å². The number of nitrogens with one attached hydrogen (secondary N) is 2. The number of carbonyl (C=O) groups excluding carboxylic acids is 2. The highest BCUT2D eigenvalue weighted by atomic mass is 19.4. The minimum Gasteiger partial charge on any atom is -0.481 e. The summed E-state index contributed by atoms with van der Waals surface area (Å²) in [6, 6.07) is 12.8. The molecule has 3 aromatic rings. The molecule has 1 atom stereocenters. The average Bonchev–Trinajstić information content (AvgIpc) is 3.25. The number of furan rings is 1. The molecular formula is C22H19F3N2O4. The second kappa shape index (κ2) is 8.95. The van der Waals surface area contributed by atoms with Crippen LogP contribution in [0.25, 0.3) is 0 Å². The van der Waals surface area contributed by atoms with Crippen LogP contribution in [0, 0.1) is 6.92 Å². The van der Waals surface area contributed by atoms with E-state index in [1.807, 2.05) is 6.92 Å². The standard InChI is InChI=1S/C22H19F3N2O4/c1-13-5-8-16(9-6-13)31-14(2)20(28)27-18-10-7-15(12-17(18)22(23,24)25)26-21(29)19-4-3-11-30-19/h3-12,14H,1-2H3,(H,26,29)(H,27,28). The molecule has 0 saturated heterocycles. The SMILES string of the molecule is Cc1ccc(OC(C)C(=O)Nc2ccc(NC(=O)c3ccco3)cc2C(F)(F)F)cc1. The molecule has 3 rings (SSSR count). The molecule has 2 N–H and O–H groups in total. The highest BCUT2D eigenvalue weighted by molar-refractivity contribution is 6.02. The number of anilines is 2. The van der Waals surface area contributed by atoms with Crippen LogP contribution >= 0.6 is 0 Å². The first kappa shape index (κ1) is 21.9. The zero-order valence-electron chi connectivity index (χ0n) is 16.6. The monoisotopic (exact) mass is 432 g/mol. The molecular weight excluding hydrogens is 413 g/mol. The van der Waals surface area contributed by atoms with Crippen LogP contribution in [0.4, 0.5) is 24.5 Å². The predicted octanol–water partition coefficient (Wildman–Crippen LogP) is 5.27. The molecule has 2 amide bonds. The van der Waals surface area contributed by atoms with Gasteiger partial charge >= 0.3 is 6.18 Å². The summed E-state index contributed by atoms with van der Waals surface area (Å²) in [4.78, 5) is 24.4. The zero-order valence-corrected chi connectivity index (χ0v) is 16.6. The number of carbonyl (C=O) groups is 2. The van der Waals surface area contributed by atoms with Crippen molar-refractivity contribution in [3.8, 4) is 5.75 Å². The molecule has 2 aromatic carbocycles. The van der Waals surface area contributed by atoms with E-state index in [1.165, 1.54) is 31.4 Å². The van der Waals surface area contributed by atoms with Gasteiger partial charge in [-0.2, -0.15) is 13.2 Å². The lowest BCUT2D eigenvalue weighted by atomic mass is 10.1. The number of aryl methyl sites for hydroxylation is 1. The predicted molar refractivity (Wildman–Crippen MR) is 108 cm³/mol. The van der Waals surface area contributed by atoms with Crippen LogP contribution in [0.15, 0.2) is 65.3 Å². The Labute approximate surface area is 176 Å². The fraction of sp³-hybridized carbons (Fsp3) is 0.182. The fourth-order valence-corrected chi connectivity index (χ4v) is 2.67. The third kappa shape index (κ3) is 5.65. The van der Waals surface area contributed by atoms with Gasteiger partial charge in [-0.05, 0) is 56.3 Å². The van der Waals surface area contributed by atoms with Gasteiger partial charge < -0.3 is 19.8 Å². The van der Waals surface area contributed by atoms with Gasteiger partial charge in [-0.1, -0.05) is 17.7 Å². The minimum absolute atomic E-state index is 0.0481. The van der Waals surface area contributed by atoms with E-state index in [0.717, 1.165) is 17.7 Å². The summed E-state index contributed by atoms with van der Waals surface area (Å²) in [7, 11) is 0. The van der Waals surface area contributed by atoms with E-state index in [0.29, 0.717) is 5.75 Å². The summed E-state index contributed by atoms with van der Waals surface area (Å²) in [6.07, 6.45) is -4.54. The van der Waals surface area contributed by atoms with E-state index in [1.54, 1.807) is 24.3 Å². The molecule has 162 valence electrons. The third-order valence-corrected chi connectivity index (χ3v) is 4.29. The van der Waals surface area contributed by atoms with Crippen molar-refractivity contribution >= 4 is 23.2 Å². The number of hydrogen-bond acceptors (Lipinski definition) is 4. The maximum Gasteiger partial charge on any atom is 0.418 e. The molecule has 0 saturated carbocycles. The van der Waals surface area contributed by atoms with Gasteiger partial charge in [-0.25, -0.2) is 0 Å². The number of benzene rings is 2. The van der Waals surface area contributed by atoms with Crippen molar-refractivity contribution in [2.75, 3.05) is 10.6 Å². The smallest absolute Gasteiger partial charge is 0.418 e. The number of rotatable bonds is 6. The lowest BCUT2D eigenvalue weighted by molar-refractivity contribution is -0.137. The van der Waals surface area contributed by atoms with Crippen molar-refractivity contribution in [1.82, 2.24) is 0 Å². The first-order chi connectivity index (χ1) is 14.6. The highest BCUT2D eigenvalue weighted by Crippen LogP contribution is 2.37. The Balaban J connectivity index is 1.75. The molecule has 1 unspecified atom stereocenters. The van der Waals surface area contributed by atoms with Crippen molar-refractivity contribution in [2.45, 2.75) is 26.1 Å². The summed E-state index contributed by atoms with van der Waals surface area (Å²) in [5.41, 5.74) is -0.664. The minimum atomic E-state index is -4.77. The van der Waals surface area contributed by atoms with Crippen molar-refractivity contribution < 1.29 is 31.9 Å². The Bertz CT molecular complexity index is 1060. The van der Waals surface area contributed by atoms with Crippen LogP contribution < -0.4 is 15.4 Å². The molecule has 0 radical (unpaired) electrons. The molecule has 0 aliphatic carbocycles. The first-order valence-corrected chi connectivity index (χ1v) is 9.24. The summed E-state index contributed by atoms with van der Waals surface area (Å²) >= 11 is 0. The molecule has 6 nitrogen and oxygen atoms in total. The largest absolute Gasteiger partial charge is 0.481 e. The van der Waals surface area contributed by atoms with Gasteiger partial charge in [0.05, 0.1) is 17.5 Å². The lowest BCUT2D eigenvalue weighted by Gasteiger charge is -2.18. The van der Waals surface area contributed by atoms with Crippen molar-refractivity contribution in [3.05, 3.63) is 77.7 Å². The Kier molecular flexibility index (Phi) is 6.33. The average molecular weight is 432 g/mol. The second-order valence-electron chi connectivity index (χ2n) is 6.75. The molecule has 0 aliphatic rings. The van der Waals surface area contributed by atoms with Crippen LogP contribution in [0.1, 0.15) is 28.6 Å². The fourth-order valence-electron chi connectivity index (χ4n) is 2.67. The van der Waals surface area contributed by atoms with E-state index in [9.17, 15) is 22.8 Å². The van der Waals surface area contributed by atoms with Gasteiger partial charge in [0, 0.05) is 5.69 Å². The molecule has 0 aliphatic heterocycles. The summed E-state index contributed by atoms with van der Waals surface area (Å²) in [5, 5.41) is 4.57. The molecule has 9 heteroatoms. The molecule has 1 heterocycles. The van der Waals surface area contributed by atoms with Crippen molar-refractivity contribution in [3.63, 3.8) is 0 Å². The number of halogens is 3. The zero-order chi connectivity index (χ0) is 22.6. The van der Waals surface area contributed by atoms with Gasteiger partial charge in [0.25, 0.3) is 11.8 Å². The topological polar surface area (TPSA) is 80.6 Å². The second-order valence-corrected chi connectivity index (χ2v) is 6.75. The highest BCUT2D eigenvalue weighted by Gasteiger charge is 2.35. The molecule has 0 fully saturated rings.